The number of ether oxygens (including phenoxy) is 8. The number of unbranched alkanes of at least 4 members (excludes halogenated alkanes) is 13. The van der Waals surface area contributed by atoms with Crippen LogP contribution in [0.1, 0.15) is 198 Å². The topological polar surface area (TPSA) is 176 Å². The standard InChI is InChI=1S/C70H82O14/c1-7-9-11-19-23-49(3)79-67(73)55-31-27-51(28-32-55)53-35-41-59(42-36-53)81-69(75)57-39-45-61(63(47-57)77-5)83-65(71)25-21-17-15-13-14-16-18-22-26-66(72)84-62-46-40-58(48-64(62)78-6)70(76)82-60-43-37-54(38-44-60)52-29-33-56(34-30-52)68(74)80-50(4)24-20-12-10-8-2/h27-50H,7-26H2,1-6H3. The SMILES string of the molecule is CCCCCCC(C)OC(=O)c1ccc(-c2ccc(OC(=O)c3ccc(OC(=O)CCCCCCCCCCC(=O)Oc4ccc(C(=O)Oc5ccc(-c6ccc(C(=O)OC(C)CCCCCC)cc6)cc5)cc4OC)c(OC)c3)cc2)cc1. The van der Waals surface area contributed by atoms with Gasteiger partial charge in [0.2, 0.25) is 0 Å². The van der Waals surface area contributed by atoms with Crippen LogP contribution in [0.15, 0.2) is 133 Å². The van der Waals surface area contributed by atoms with E-state index in [1.807, 2.05) is 62.4 Å². The Labute approximate surface area is 495 Å². The fraction of sp³-hybridized carbons (Fsp3) is 0.400. The van der Waals surface area contributed by atoms with Gasteiger partial charge in [-0.15, -0.1) is 0 Å². The average molecular weight is 1150 g/mol. The molecule has 14 heteroatoms. The lowest BCUT2D eigenvalue weighted by atomic mass is 10.0. The van der Waals surface area contributed by atoms with Crippen molar-refractivity contribution in [2.45, 2.75) is 168 Å². The Morgan fingerprint density at radius 3 is 0.976 bits per heavy atom. The first-order valence-electron chi connectivity index (χ1n) is 29.8. The first kappa shape index (κ1) is 64.9. The van der Waals surface area contributed by atoms with Gasteiger partial charge in [0.1, 0.15) is 11.5 Å². The Bertz CT molecular complexity index is 2830. The van der Waals surface area contributed by atoms with Gasteiger partial charge in [-0.1, -0.05) is 139 Å². The molecule has 6 rings (SSSR count). The summed E-state index contributed by atoms with van der Waals surface area (Å²) in [5.74, 6) is -1.14. The van der Waals surface area contributed by atoms with E-state index in [1.54, 1.807) is 48.5 Å². The molecular formula is C70H82O14. The number of rotatable bonds is 35. The fourth-order valence-corrected chi connectivity index (χ4v) is 9.40. The van der Waals surface area contributed by atoms with Gasteiger partial charge in [0, 0.05) is 12.8 Å². The highest BCUT2D eigenvalue weighted by atomic mass is 16.6. The van der Waals surface area contributed by atoms with Gasteiger partial charge in [0.15, 0.2) is 23.0 Å². The Hall–Kier alpha value is -8.26. The molecule has 0 fully saturated rings. The van der Waals surface area contributed by atoms with Crippen LogP contribution in [0, 0.1) is 0 Å². The minimum atomic E-state index is -0.605. The Morgan fingerprint density at radius 2 is 0.643 bits per heavy atom. The van der Waals surface area contributed by atoms with Crippen LogP contribution in [-0.2, 0) is 19.1 Å². The smallest absolute Gasteiger partial charge is 0.343 e. The minimum absolute atomic E-state index is 0.138. The molecule has 84 heavy (non-hydrogen) atoms. The average Bonchev–Trinajstić information content (AvgIpc) is 3.71. The van der Waals surface area contributed by atoms with Crippen LogP contribution < -0.4 is 28.4 Å². The lowest BCUT2D eigenvalue weighted by molar-refractivity contribution is -0.135. The summed E-state index contributed by atoms with van der Waals surface area (Å²) in [6.45, 7) is 8.19. The molecular weight excluding hydrogens is 1060 g/mol. The molecule has 0 saturated carbocycles. The molecule has 0 bridgehead atoms. The van der Waals surface area contributed by atoms with E-state index in [4.69, 9.17) is 37.9 Å². The third-order valence-corrected chi connectivity index (χ3v) is 14.3. The lowest BCUT2D eigenvalue weighted by Gasteiger charge is -2.13. The molecule has 0 aliphatic carbocycles. The lowest BCUT2D eigenvalue weighted by Crippen LogP contribution is -2.15. The third-order valence-electron chi connectivity index (χ3n) is 14.3. The maximum absolute atomic E-state index is 13.1. The van der Waals surface area contributed by atoms with E-state index in [0.717, 1.165) is 112 Å². The van der Waals surface area contributed by atoms with Crippen molar-refractivity contribution >= 4 is 35.8 Å². The number of esters is 6. The van der Waals surface area contributed by atoms with Gasteiger partial charge in [0.05, 0.1) is 48.7 Å². The molecule has 6 aromatic rings. The van der Waals surface area contributed by atoms with E-state index in [-0.39, 0.29) is 71.1 Å². The van der Waals surface area contributed by atoms with Gasteiger partial charge in [-0.25, -0.2) is 19.2 Å². The summed E-state index contributed by atoms with van der Waals surface area (Å²) >= 11 is 0. The molecule has 0 aliphatic heterocycles. The van der Waals surface area contributed by atoms with E-state index in [0.29, 0.717) is 35.5 Å². The Morgan fingerprint density at radius 1 is 0.333 bits per heavy atom. The van der Waals surface area contributed by atoms with E-state index < -0.39 is 23.9 Å². The van der Waals surface area contributed by atoms with E-state index >= 15 is 0 Å². The van der Waals surface area contributed by atoms with Crippen molar-refractivity contribution in [3.8, 4) is 56.8 Å². The predicted molar refractivity (Wildman–Crippen MR) is 324 cm³/mol. The molecule has 14 nitrogen and oxygen atoms in total. The molecule has 2 unspecified atom stereocenters. The van der Waals surface area contributed by atoms with Gasteiger partial charge in [-0.05, 0) is 160 Å². The maximum atomic E-state index is 13.1. The molecule has 0 radical (unpaired) electrons. The first-order chi connectivity index (χ1) is 40.8. The Balaban J connectivity index is 0.818. The molecule has 0 aliphatic rings. The fourth-order valence-electron chi connectivity index (χ4n) is 9.40. The predicted octanol–water partition coefficient (Wildman–Crippen LogP) is 16.9. The number of benzene rings is 6. The summed E-state index contributed by atoms with van der Waals surface area (Å²) in [7, 11) is 2.87. The zero-order chi connectivity index (χ0) is 60.1. The van der Waals surface area contributed by atoms with Crippen LogP contribution in [0.25, 0.3) is 22.3 Å². The maximum Gasteiger partial charge on any atom is 0.343 e. The van der Waals surface area contributed by atoms with Crippen molar-refractivity contribution in [2.75, 3.05) is 14.2 Å². The van der Waals surface area contributed by atoms with Crippen molar-refractivity contribution in [3.63, 3.8) is 0 Å². The quantitative estimate of drug-likeness (QED) is 0.0209. The zero-order valence-electron chi connectivity index (χ0n) is 49.7. The molecule has 2 atom stereocenters. The van der Waals surface area contributed by atoms with Gasteiger partial charge < -0.3 is 37.9 Å². The van der Waals surface area contributed by atoms with Gasteiger partial charge >= 0.3 is 35.8 Å². The van der Waals surface area contributed by atoms with Crippen molar-refractivity contribution in [3.05, 3.63) is 156 Å². The largest absolute Gasteiger partial charge is 0.493 e. The number of carbonyl (C=O) groups excluding carboxylic acids is 6. The van der Waals surface area contributed by atoms with E-state index in [2.05, 4.69) is 13.8 Å². The van der Waals surface area contributed by atoms with Crippen LogP contribution >= 0.6 is 0 Å². The van der Waals surface area contributed by atoms with Crippen molar-refractivity contribution in [1.29, 1.82) is 0 Å². The molecule has 446 valence electrons. The number of hydrogen-bond donors (Lipinski definition) is 0. The summed E-state index contributed by atoms with van der Waals surface area (Å²) in [6, 6.07) is 37.6. The first-order valence-corrected chi connectivity index (χ1v) is 29.8. The second kappa shape index (κ2) is 35.0. The third kappa shape index (κ3) is 21.5. The highest BCUT2D eigenvalue weighted by molar-refractivity contribution is 5.94. The van der Waals surface area contributed by atoms with Crippen LogP contribution in [0.2, 0.25) is 0 Å². The van der Waals surface area contributed by atoms with Gasteiger partial charge in [0.25, 0.3) is 0 Å². The summed E-state index contributed by atoms with van der Waals surface area (Å²) in [4.78, 5) is 77.1. The number of carbonyl (C=O) groups is 6. The molecule has 0 heterocycles. The molecule has 0 N–H and O–H groups in total. The molecule has 0 saturated heterocycles. The molecule has 6 aromatic carbocycles. The van der Waals surface area contributed by atoms with E-state index in [9.17, 15) is 28.8 Å². The van der Waals surface area contributed by atoms with Crippen LogP contribution in [0.4, 0.5) is 0 Å². The second-order valence-electron chi connectivity index (χ2n) is 21.1. The normalized spacial score (nSPS) is 11.6. The summed E-state index contributed by atoms with van der Waals surface area (Å²) < 4.78 is 44.6. The van der Waals surface area contributed by atoms with Gasteiger partial charge in [-0.3, -0.25) is 9.59 Å². The monoisotopic (exact) mass is 1150 g/mol. The van der Waals surface area contributed by atoms with Crippen LogP contribution in [-0.4, -0.2) is 62.2 Å². The van der Waals surface area contributed by atoms with Crippen molar-refractivity contribution in [2.24, 2.45) is 0 Å². The minimum Gasteiger partial charge on any atom is -0.493 e. The highest BCUT2D eigenvalue weighted by Crippen LogP contribution is 2.32. The number of methoxy groups -OCH3 is 2. The van der Waals surface area contributed by atoms with Crippen molar-refractivity contribution in [1.82, 2.24) is 0 Å². The summed E-state index contributed by atoms with van der Waals surface area (Å²) in [5, 5.41) is 0. The molecule has 0 amide bonds. The highest BCUT2D eigenvalue weighted by Gasteiger charge is 2.20. The van der Waals surface area contributed by atoms with Crippen molar-refractivity contribution < 1.29 is 66.7 Å². The second-order valence-corrected chi connectivity index (χ2v) is 21.1. The van der Waals surface area contributed by atoms with Crippen LogP contribution in [0.3, 0.4) is 0 Å². The summed E-state index contributed by atoms with van der Waals surface area (Å²) in [6.07, 6.45) is 17.8. The van der Waals surface area contributed by atoms with E-state index in [1.165, 1.54) is 63.5 Å². The Kier molecular flexibility index (Phi) is 27.1. The number of hydrogen-bond acceptors (Lipinski definition) is 14. The molecule has 0 spiro atoms. The zero-order valence-corrected chi connectivity index (χ0v) is 49.7. The summed E-state index contributed by atoms with van der Waals surface area (Å²) in [5.41, 5.74) is 4.97. The van der Waals surface area contributed by atoms with Crippen LogP contribution in [0.5, 0.6) is 34.5 Å². The molecule has 0 aromatic heterocycles. The van der Waals surface area contributed by atoms with Gasteiger partial charge in [-0.2, -0.15) is 0 Å².